The molecule has 90 heavy (non-hydrogen) atoms. The summed E-state index contributed by atoms with van der Waals surface area (Å²) in [4.78, 5) is 168. The van der Waals surface area contributed by atoms with Gasteiger partial charge in [-0.05, 0) is 130 Å². The van der Waals surface area contributed by atoms with E-state index in [0.29, 0.717) is 0 Å². The average Bonchev–Trinajstić information content (AvgIpc) is 0.889. The lowest BCUT2D eigenvalue weighted by Crippen LogP contribution is -2.65. The van der Waals surface area contributed by atoms with Crippen LogP contribution in [0.1, 0.15) is 171 Å². The first kappa shape index (κ1) is 81.8. The highest BCUT2D eigenvalue weighted by molar-refractivity contribution is 6.00. The average molecular weight is 1280 g/mol. The number of nitrogens with one attached hydrogen (secondary N) is 5. The van der Waals surface area contributed by atoms with Crippen molar-refractivity contribution < 1.29 is 67.7 Å². The minimum atomic E-state index is -1.79. The van der Waals surface area contributed by atoms with E-state index < -0.39 is 167 Å². The number of carbonyl (C=O) groups is 11. The molecule has 516 valence electrons. The van der Waals surface area contributed by atoms with E-state index >= 15 is 4.79 Å². The second-order valence-electron chi connectivity index (χ2n) is 28.0. The lowest BCUT2D eigenvalue weighted by molar-refractivity contribution is -0.157. The van der Waals surface area contributed by atoms with Crippen molar-refractivity contribution in [3.8, 4) is 0 Å². The minimum absolute atomic E-state index is 0.0747. The van der Waals surface area contributed by atoms with Gasteiger partial charge in [-0.25, -0.2) is 0 Å². The zero-order valence-electron chi connectivity index (χ0n) is 59.2. The highest BCUT2D eigenvalue weighted by atomic mass is 16.5. The normalized spacial score (nSPS) is 27.7. The van der Waals surface area contributed by atoms with Crippen molar-refractivity contribution in [3.05, 3.63) is 12.2 Å². The van der Waals surface area contributed by atoms with Crippen LogP contribution in [0.5, 0.6) is 0 Å². The summed E-state index contributed by atoms with van der Waals surface area (Å²) in [6, 6.07) is -15.2. The molecule has 1 aliphatic heterocycles. The molecular weight excluding hydrogens is 1160 g/mol. The maximum atomic E-state index is 15.2. The SMILES string of the molecule is C/C=C/C[C@@H](C)[C@@H](O)[C@H]1C(=O)N[C@@H]([C@@H](C)O)C(=O)N(C)[C@H](C)C(=O)N(C)[C@@H](C(C)OC(C)(C)C)C(=O)N[C@@H](CC(C)C)C(=O)N(C)[C@@H](CC(C)C)C(=O)N[C@@H](C)C(=O)N[C@H](C)C(=O)N(C)[C@@H](CC(C)C)C(=O)N[C@@H](CC(C)C)C(=O)N(C)[C@@H](C(C)C)C(=O)N1C. The van der Waals surface area contributed by atoms with Gasteiger partial charge in [-0.1, -0.05) is 88.3 Å². The lowest BCUT2D eigenvalue weighted by Gasteiger charge is -2.40. The van der Waals surface area contributed by atoms with Crippen LogP contribution in [-0.4, -0.2) is 237 Å². The Morgan fingerprint density at radius 3 is 1.29 bits per heavy atom. The molecule has 11 amide bonds. The van der Waals surface area contributed by atoms with E-state index in [2.05, 4.69) is 26.6 Å². The summed E-state index contributed by atoms with van der Waals surface area (Å²) in [7, 11) is 8.08. The second-order valence-corrected chi connectivity index (χ2v) is 28.0. The molecule has 0 spiro atoms. The fourth-order valence-electron chi connectivity index (χ4n) is 11.3. The van der Waals surface area contributed by atoms with Gasteiger partial charge in [-0.3, -0.25) is 52.7 Å². The number of ether oxygens (including phenoxy) is 1. The number of aliphatic hydroxyl groups is 2. The molecule has 1 saturated heterocycles. The van der Waals surface area contributed by atoms with E-state index in [1.54, 1.807) is 67.5 Å². The molecule has 7 N–H and O–H groups in total. The molecule has 25 nitrogen and oxygen atoms in total. The van der Waals surface area contributed by atoms with E-state index in [1.807, 2.05) is 55.4 Å². The van der Waals surface area contributed by atoms with Gasteiger partial charge in [0.2, 0.25) is 65.0 Å². The highest BCUT2D eigenvalue weighted by Crippen LogP contribution is 2.25. The van der Waals surface area contributed by atoms with Crippen molar-refractivity contribution >= 4 is 65.0 Å². The van der Waals surface area contributed by atoms with Crippen molar-refractivity contribution in [3.63, 3.8) is 0 Å². The summed E-state index contributed by atoms with van der Waals surface area (Å²) >= 11 is 0. The molecule has 0 aliphatic carbocycles. The summed E-state index contributed by atoms with van der Waals surface area (Å²) in [5.41, 5.74) is -0.873. The van der Waals surface area contributed by atoms with Crippen LogP contribution in [-0.2, 0) is 57.5 Å². The molecule has 0 aromatic carbocycles. The van der Waals surface area contributed by atoms with Crippen molar-refractivity contribution in [2.24, 2.45) is 35.5 Å². The van der Waals surface area contributed by atoms with Gasteiger partial charge < -0.3 is 70.9 Å². The van der Waals surface area contributed by atoms with Gasteiger partial charge >= 0.3 is 0 Å². The lowest BCUT2D eigenvalue weighted by atomic mass is 9.91. The number of carbonyl (C=O) groups excluding carboxylic acids is 11. The predicted molar refractivity (Wildman–Crippen MR) is 345 cm³/mol. The first-order valence-electron chi connectivity index (χ1n) is 32.0. The summed E-state index contributed by atoms with van der Waals surface area (Å²) in [6.45, 7) is 33.8. The molecule has 25 heteroatoms. The van der Waals surface area contributed by atoms with Crippen LogP contribution in [0, 0.1) is 35.5 Å². The summed E-state index contributed by atoms with van der Waals surface area (Å²) in [5, 5.41) is 37.1. The third-order valence-electron chi connectivity index (χ3n) is 16.4. The number of likely N-dealkylation sites (N-methyl/N-ethyl adjacent to an activating group) is 6. The van der Waals surface area contributed by atoms with Gasteiger partial charge in [0.15, 0.2) is 0 Å². The van der Waals surface area contributed by atoms with E-state index in [9.17, 15) is 58.2 Å². The molecule has 1 fully saturated rings. The predicted octanol–water partition coefficient (Wildman–Crippen LogP) is 2.83. The smallest absolute Gasteiger partial charge is 0.248 e. The van der Waals surface area contributed by atoms with E-state index in [0.717, 1.165) is 14.7 Å². The van der Waals surface area contributed by atoms with Crippen LogP contribution in [0.3, 0.4) is 0 Å². The maximum absolute atomic E-state index is 15.2. The summed E-state index contributed by atoms with van der Waals surface area (Å²) in [5.74, 6) is -10.7. The Hall–Kier alpha value is -6.21. The second kappa shape index (κ2) is 36.1. The maximum Gasteiger partial charge on any atom is 0.248 e. The number of aliphatic hydroxyl groups excluding tert-OH is 2. The molecule has 0 aromatic rings. The van der Waals surface area contributed by atoms with E-state index in [-0.39, 0.29) is 55.8 Å². The van der Waals surface area contributed by atoms with E-state index in [4.69, 9.17) is 4.74 Å². The molecule has 1 heterocycles. The van der Waals surface area contributed by atoms with Crippen molar-refractivity contribution in [2.45, 2.75) is 261 Å². The molecule has 1 rings (SSSR count). The zero-order valence-corrected chi connectivity index (χ0v) is 59.2. The first-order valence-corrected chi connectivity index (χ1v) is 32.0. The Kier molecular flexibility index (Phi) is 32.8. The standard InChI is InChI=1S/C65H117N11O14/c1-27-28-29-39(12)53(78)52-58(83)70-49(43(16)77)63(88)71(21)42(15)60(85)75(25)51(44(17)90-65(18,19)20)57(82)69-45(30-34(2)3)61(86)73(23)47(32-36(6)7)55(80)66-40(13)54(79)67-41(14)59(84)72(22)48(33-37(8)9)56(81)68-46(31-35(4)5)62(87)74(24)50(38(10)11)64(89)76(52)26/h27-28,34-53,77-78H,29-33H2,1-26H3,(H,66,80)(H,67,79)(H,68,81)(H,69,82)(H,70,83)/b28-27+/t39-,40+,41-,42-,43-,44?,45+,46+,47+,48+,49+,50+,51+,52+,53-/m1/s1. The van der Waals surface area contributed by atoms with Gasteiger partial charge in [0.05, 0.1) is 23.9 Å². The Morgan fingerprint density at radius 2 is 0.856 bits per heavy atom. The van der Waals surface area contributed by atoms with Crippen molar-refractivity contribution in [1.29, 1.82) is 0 Å². The third-order valence-corrected chi connectivity index (χ3v) is 16.4. The molecule has 15 atom stereocenters. The Labute approximate surface area is 537 Å². The van der Waals surface area contributed by atoms with Crippen LogP contribution >= 0.6 is 0 Å². The van der Waals surface area contributed by atoms with Crippen LogP contribution in [0.15, 0.2) is 12.2 Å². The zero-order chi connectivity index (χ0) is 70.1. The molecule has 1 unspecified atom stereocenters. The summed E-state index contributed by atoms with van der Waals surface area (Å²) in [6.07, 6.45) is -0.157. The Bertz CT molecular complexity index is 2480. The fourth-order valence-corrected chi connectivity index (χ4v) is 11.3. The van der Waals surface area contributed by atoms with Crippen LogP contribution < -0.4 is 26.6 Å². The Balaban J connectivity index is 4.47. The fraction of sp³-hybridized carbons (Fsp3) is 0.800. The molecule has 0 aromatic heterocycles. The molecular formula is C65H117N11O14. The first-order chi connectivity index (χ1) is 41.3. The molecule has 0 bridgehead atoms. The van der Waals surface area contributed by atoms with Gasteiger partial charge in [0.1, 0.15) is 66.5 Å². The third kappa shape index (κ3) is 23.5. The topological polar surface area (TPSA) is 317 Å². The van der Waals surface area contributed by atoms with Gasteiger partial charge in [-0.15, -0.1) is 0 Å². The number of hydrogen-bond donors (Lipinski definition) is 7. The van der Waals surface area contributed by atoms with Crippen molar-refractivity contribution in [1.82, 2.24) is 56.0 Å². The number of allylic oxidation sites excluding steroid dienone is 2. The van der Waals surface area contributed by atoms with Crippen molar-refractivity contribution in [2.75, 3.05) is 42.3 Å². The highest BCUT2D eigenvalue weighted by Gasteiger charge is 2.46. The number of hydrogen-bond acceptors (Lipinski definition) is 14. The van der Waals surface area contributed by atoms with Crippen LogP contribution in [0.4, 0.5) is 0 Å². The van der Waals surface area contributed by atoms with Gasteiger partial charge in [0.25, 0.3) is 0 Å². The molecule has 0 radical (unpaired) electrons. The van der Waals surface area contributed by atoms with Gasteiger partial charge in [0, 0.05) is 42.3 Å². The molecule has 0 saturated carbocycles. The number of nitrogens with zero attached hydrogens (tertiary/aromatic N) is 6. The van der Waals surface area contributed by atoms with Gasteiger partial charge in [-0.2, -0.15) is 0 Å². The number of amides is 11. The largest absolute Gasteiger partial charge is 0.391 e. The van der Waals surface area contributed by atoms with Crippen LogP contribution in [0.2, 0.25) is 0 Å². The van der Waals surface area contributed by atoms with Crippen LogP contribution in [0.25, 0.3) is 0 Å². The monoisotopic (exact) mass is 1280 g/mol. The van der Waals surface area contributed by atoms with E-state index in [1.165, 1.54) is 84.7 Å². The Morgan fingerprint density at radius 1 is 0.456 bits per heavy atom. The number of rotatable bonds is 16. The quantitative estimate of drug-likeness (QED) is 0.109. The summed E-state index contributed by atoms with van der Waals surface area (Å²) < 4.78 is 6.30. The molecule has 1 aliphatic rings. The minimum Gasteiger partial charge on any atom is -0.391 e.